The molecule has 1 heterocycles. The van der Waals surface area contributed by atoms with Crippen molar-refractivity contribution in [3.63, 3.8) is 0 Å². The van der Waals surface area contributed by atoms with Gasteiger partial charge in [0.2, 0.25) is 0 Å². The van der Waals surface area contributed by atoms with Crippen molar-refractivity contribution in [1.29, 1.82) is 0 Å². The monoisotopic (exact) mass is 222 g/mol. The lowest BCUT2D eigenvalue weighted by atomic mass is 10.2. The predicted molar refractivity (Wildman–Crippen MR) is 68.8 cm³/mol. The third-order valence-electron chi connectivity index (χ3n) is 2.67. The van der Waals surface area contributed by atoms with Gasteiger partial charge in [-0.15, -0.1) is 0 Å². The van der Waals surface area contributed by atoms with Crippen LogP contribution in [0.15, 0.2) is 6.20 Å². The number of nitrogens with one attached hydrogen (secondary N) is 2. The Morgan fingerprint density at radius 1 is 1.31 bits per heavy atom. The van der Waals surface area contributed by atoms with Crippen molar-refractivity contribution in [2.75, 3.05) is 26.8 Å². The second kappa shape index (κ2) is 7.25. The predicted octanol–water partition coefficient (Wildman–Crippen LogP) is 0.394. The lowest BCUT2D eigenvalue weighted by Crippen LogP contribution is -2.27. The minimum absolute atomic E-state index is 0.772. The van der Waals surface area contributed by atoms with Gasteiger partial charge in [0, 0.05) is 25.2 Å². The highest BCUT2D eigenvalue weighted by atomic mass is 16.5. The van der Waals surface area contributed by atoms with Crippen LogP contribution >= 0.6 is 0 Å². The zero-order valence-corrected chi connectivity index (χ0v) is 10.5. The van der Waals surface area contributed by atoms with E-state index in [2.05, 4.69) is 42.5 Å². The molecule has 90 valence electrons. The molecule has 3 heteroatoms. The Morgan fingerprint density at radius 2 is 2.12 bits per heavy atom. The summed E-state index contributed by atoms with van der Waals surface area (Å²) in [6, 6.07) is 0. The fourth-order valence-corrected chi connectivity index (χ4v) is 1.80. The molecule has 0 bridgehead atoms. The van der Waals surface area contributed by atoms with E-state index in [1.54, 1.807) is 7.11 Å². The van der Waals surface area contributed by atoms with Crippen LogP contribution in [0.25, 0.3) is 12.2 Å². The maximum absolute atomic E-state index is 4.98. The summed E-state index contributed by atoms with van der Waals surface area (Å²) >= 11 is 0. The van der Waals surface area contributed by atoms with Crippen LogP contribution in [0, 0.1) is 0 Å². The number of methoxy groups -OCH3 is 1. The molecule has 2 N–H and O–H groups in total. The van der Waals surface area contributed by atoms with Crippen molar-refractivity contribution in [3.05, 3.63) is 22.3 Å². The van der Waals surface area contributed by atoms with E-state index in [9.17, 15) is 0 Å². The van der Waals surface area contributed by atoms with Gasteiger partial charge in [0.25, 0.3) is 0 Å². The quantitative estimate of drug-likeness (QED) is 0.683. The molecule has 0 atom stereocenters. The maximum atomic E-state index is 4.98. The van der Waals surface area contributed by atoms with Gasteiger partial charge in [-0.1, -0.05) is 12.2 Å². The number of aromatic amines is 1. The number of ether oxygens (including phenoxy) is 1. The molecule has 0 aliphatic heterocycles. The number of hydrogen-bond acceptors (Lipinski definition) is 2. The van der Waals surface area contributed by atoms with Gasteiger partial charge in [-0.2, -0.15) is 0 Å². The number of H-pyrrole nitrogens is 1. The smallest absolute Gasteiger partial charge is 0.0587 e. The molecule has 1 aromatic rings. The SMILES string of the molecule is C/C=c1/c(CCNCCOC)c[nH]/c1=C/C. The standard InChI is InChI=1S/C13H22N2O/c1-4-12-11(10-15-13(12)5-2)6-7-14-8-9-16-3/h4-5,10,14-15H,6-9H2,1-3H3/b12-4-,13-5+. The first-order valence-corrected chi connectivity index (χ1v) is 5.82. The summed E-state index contributed by atoms with van der Waals surface area (Å²) in [5.74, 6) is 0. The van der Waals surface area contributed by atoms with Crippen LogP contribution in [0.4, 0.5) is 0 Å². The van der Waals surface area contributed by atoms with Gasteiger partial charge in [-0.25, -0.2) is 0 Å². The molecule has 0 aliphatic carbocycles. The summed E-state index contributed by atoms with van der Waals surface area (Å²) in [5.41, 5.74) is 1.38. The normalized spacial score (nSPS) is 13.7. The average molecular weight is 222 g/mol. The van der Waals surface area contributed by atoms with Gasteiger partial charge in [-0.3, -0.25) is 0 Å². The van der Waals surface area contributed by atoms with Crippen LogP contribution in [-0.4, -0.2) is 31.8 Å². The Labute approximate surface area is 97.2 Å². The first kappa shape index (κ1) is 13.0. The van der Waals surface area contributed by atoms with Gasteiger partial charge in [0.1, 0.15) is 0 Å². The summed E-state index contributed by atoms with van der Waals surface area (Å²) in [4.78, 5) is 3.29. The Morgan fingerprint density at radius 3 is 2.75 bits per heavy atom. The van der Waals surface area contributed by atoms with Crippen LogP contribution in [0.5, 0.6) is 0 Å². The lowest BCUT2D eigenvalue weighted by molar-refractivity contribution is 0.199. The van der Waals surface area contributed by atoms with E-state index >= 15 is 0 Å². The largest absolute Gasteiger partial charge is 0.383 e. The van der Waals surface area contributed by atoms with E-state index in [0.717, 1.165) is 26.1 Å². The van der Waals surface area contributed by atoms with E-state index in [1.165, 1.54) is 16.1 Å². The molecular weight excluding hydrogens is 200 g/mol. The lowest BCUT2D eigenvalue weighted by Gasteiger charge is -2.02. The summed E-state index contributed by atoms with van der Waals surface area (Å²) < 4.78 is 4.98. The molecule has 0 saturated carbocycles. The Hall–Kier alpha value is -1.06. The van der Waals surface area contributed by atoms with Gasteiger partial charge in [-0.05, 0) is 37.6 Å². The molecule has 0 aromatic carbocycles. The Bertz CT molecular complexity index is 406. The molecule has 3 nitrogen and oxygen atoms in total. The van der Waals surface area contributed by atoms with Crippen LogP contribution < -0.4 is 15.9 Å². The van der Waals surface area contributed by atoms with Crippen molar-refractivity contribution < 1.29 is 4.74 Å². The minimum atomic E-state index is 0.772. The van der Waals surface area contributed by atoms with Crippen molar-refractivity contribution in [3.8, 4) is 0 Å². The zero-order valence-electron chi connectivity index (χ0n) is 10.5. The highest BCUT2D eigenvalue weighted by molar-refractivity contribution is 5.31. The van der Waals surface area contributed by atoms with Gasteiger partial charge < -0.3 is 15.0 Å². The van der Waals surface area contributed by atoms with Gasteiger partial charge >= 0.3 is 0 Å². The molecule has 1 aromatic heterocycles. The van der Waals surface area contributed by atoms with Gasteiger partial charge in [0.05, 0.1) is 6.61 Å². The second-order valence-electron chi connectivity index (χ2n) is 3.71. The van der Waals surface area contributed by atoms with Crippen LogP contribution in [0.1, 0.15) is 19.4 Å². The Balaban J connectivity index is 2.52. The summed E-state index contributed by atoms with van der Waals surface area (Å²) in [7, 11) is 1.72. The highest BCUT2D eigenvalue weighted by Crippen LogP contribution is 1.87. The molecule has 0 aliphatic rings. The number of rotatable bonds is 6. The van der Waals surface area contributed by atoms with Crippen LogP contribution in [-0.2, 0) is 11.2 Å². The minimum Gasteiger partial charge on any atom is -0.383 e. The van der Waals surface area contributed by atoms with E-state index < -0.39 is 0 Å². The molecule has 1 rings (SSSR count). The summed E-state index contributed by atoms with van der Waals surface area (Å²) in [6.45, 7) is 6.81. The maximum Gasteiger partial charge on any atom is 0.0587 e. The Kier molecular flexibility index (Phi) is 5.90. The first-order valence-electron chi connectivity index (χ1n) is 5.82. The van der Waals surface area contributed by atoms with E-state index in [4.69, 9.17) is 4.74 Å². The number of hydrogen-bond donors (Lipinski definition) is 2. The second-order valence-corrected chi connectivity index (χ2v) is 3.71. The summed E-state index contributed by atoms with van der Waals surface area (Å²) in [5, 5.41) is 5.90. The molecule has 0 spiro atoms. The van der Waals surface area contributed by atoms with Gasteiger partial charge in [0.15, 0.2) is 0 Å². The molecular formula is C13H22N2O. The first-order chi connectivity index (χ1) is 7.83. The highest BCUT2D eigenvalue weighted by Gasteiger charge is 1.97. The molecule has 16 heavy (non-hydrogen) atoms. The van der Waals surface area contributed by atoms with Crippen LogP contribution in [0.2, 0.25) is 0 Å². The third kappa shape index (κ3) is 3.51. The van der Waals surface area contributed by atoms with Crippen molar-refractivity contribution in [1.82, 2.24) is 10.3 Å². The number of aromatic nitrogens is 1. The molecule has 0 amide bonds. The molecule has 0 radical (unpaired) electrons. The zero-order chi connectivity index (χ0) is 11.8. The third-order valence-corrected chi connectivity index (χ3v) is 2.67. The molecule has 0 fully saturated rings. The van der Waals surface area contributed by atoms with Crippen molar-refractivity contribution in [2.45, 2.75) is 20.3 Å². The van der Waals surface area contributed by atoms with Crippen molar-refractivity contribution >= 4 is 12.2 Å². The van der Waals surface area contributed by atoms with Crippen molar-refractivity contribution in [2.24, 2.45) is 0 Å². The van der Waals surface area contributed by atoms with E-state index in [1.807, 2.05) is 0 Å². The molecule has 0 unspecified atom stereocenters. The fraction of sp³-hybridized carbons (Fsp3) is 0.538. The topological polar surface area (TPSA) is 37.0 Å². The van der Waals surface area contributed by atoms with E-state index in [0.29, 0.717) is 0 Å². The average Bonchev–Trinajstić information content (AvgIpc) is 2.71. The van der Waals surface area contributed by atoms with Crippen LogP contribution in [0.3, 0.4) is 0 Å². The summed E-state index contributed by atoms with van der Waals surface area (Å²) in [6.07, 6.45) is 7.42. The fourth-order valence-electron chi connectivity index (χ4n) is 1.80. The van der Waals surface area contributed by atoms with E-state index in [-0.39, 0.29) is 0 Å². The molecule has 0 saturated heterocycles.